The van der Waals surface area contributed by atoms with Gasteiger partial charge in [-0.2, -0.15) is 0 Å². The van der Waals surface area contributed by atoms with Gasteiger partial charge in [0, 0.05) is 55.4 Å². The molecule has 0 spiro atoms. The van der Waals surface area contributed by atoms with Crippen LogP contribution in [0.5, 0.6) is 0 Å². The molecular formula is C28H39NO19. The normalized spacial score (nSPS) is 22.6. The Morgan fingerprint density at radius 3 is 1.48 bits per heavy atom. The lowest BCUT2D eigenvalue weighted by molar-refractivity contribution is -0.331. The van der Waals surface area contributed by atoms with Crippen LogP contribution in [0.3, 0.4) is 0 Å². The molecule has 0 unspecified atom stereocenters. The molecule has 1 fully saturated rings. The molecule has 1 amide bonds. The van der Waals surface area contributed by atoms with Gasteiger partial charge >= 0.3 is 47.8 Å². The van der Waals surface area contributed by atoms with Crippen LogP contribution in [0.15, 0.2) is 0 Å². The van der Waals surface area contributed by atoms with Crippen LogP contribution >= 0.6 is 0 Å². The van der Waals surface area contributed by atoms with E-state index >= 15 is 0 Å². The summed E-state index contributed by atoms with van der Waals surface area (Å²) in [5, 5.41) is 0. The summed E-state index contributed by atoms with van der Waals surface area (Å²) in [6.07, 6.45) is -16.9. The molecule has 1 aliphatic heterocycles. The molecule has 0 saturated carbocycles. The van der Waals surface area contributed by atoms with Crippen molar-refractivity contribution < 1.29 is 90.5 Å². The third-order valence-electron chi connectivity index (χ3n) is 5.87. The number of carbonyl (C=O) groups is 9. The minimum Gasteiger partial charge on any atom is -0.463 e. The molecule has 20 nitrogen and oxygen atoms in total. The fourth-order valence-electron chi connectivity index (χ4n) is 4.40. The van der Waals surface area contributed by atoms with E-state index < -0.39 is 122 Å². The Bertz CT molecular complexity index is 1230. The van der Waals surface area contributed by atoms with Gasteiger partial charge in [0.2, 0.25) is 6.10 Å². The summed E-state index contributed by atoms with van der Waals surface area (Å²) < 4.78 is 53.5. The second-order valence-electron chi connectivity index (χ2n) is 10.1. The van der Waals surface area contributed by atoms with Crippen molar-refractivity contribution in [3.63, 3.8) is 0 Å². The third-order valence-corrected chi connectivity index (χ3v) is 5.87. The Kier molecular flexibility index (Phi) is 16.4. The largest absolute Gasteiger partial charge is 0.463 e. The number of hydrogen-bond acceptors (Lipinski definition) is 19. The SMILES string of the molecule is CC(=O)OC[C@H]1O[C@@H](O[C@@H]([C@H](OC(C)=O)[C@@H](OC(C)=O)C(N)=O)[C@@H](COC(C)=O)OC(C)=O)[C@H](OC(C)=O)[C@@H](OC(C)=O)[C@H]1OC(C)=O. The quantitative estimate of drug-likeness (QED) is 0.139. The van der Waals surface area contributed by atoms with Crippen molar-refractivity contribution in [1.29, 1.82) is 0 Å². The number of rotatable bonds is 16. The topological polar surface area (TPSA) is 272 Å². The smallest absolute Gasteiger partial charge is 0.303 e. The van der Waals surface area contributed by atoms with Gasteiger partial charge in [-0.25, -0.2) is 0 Å². The monoisotopic (exact) mass is 693 g/mol. The lowest BCUT2D eigenvalue weighted by Gasteiger charge is -2.46. The predicted molar refractivity (Wildman–Crippen MR) is 149 cm³/mol. The van der Waals surface area contributed by atoms with E-state index in [-0.39, 0.29) is 0 Å². The van der Waals surface area contributed by atoms with Crippen LogP contribution < -0.4 is 5.73 Å². The molecule has 270 valence electrons. The Morgan fingerprint density at radius 1 is 0.562 bits per heavy atom. The van der Waals surface area contributed by atoms with Gasteiger partial charge < -0.3 is 53.1 Å². The molecule has 0 aliphatic carbocycles. The first kappa shape index (κ1) is 41.2. The summed E-state index contributed by atoms with van der Waals surface area (Å²) in [5.41, 5.74) is 5.47. The van der Waals surface area contributed by atoms with E-state index in [1.54, 1.807) is 0 Å². The van der Waals surface area contributed by atoms with Crippen LogP contribution in [0.4, 0.5) is 0 Å². The summed E-state index contributed by atoms with van der Waals surface area (Å²) in [4.78, 5) is 109. The van der Waals surface area contributed by atoms with Crippen LogP contribution in [0, 0.1) is 0 Å². The van der Waals surface area contributed by atoms with Gasteiger partial charge in [-0.15, -0.1) is 0 Å². The van der Waals surface area contributed by atoms with Crippen molar-refractivity contribution >= 4 is 53.7 Å². The molecule has 20 heteroatoms. The zero-order valence-electron chi connectivity index (χ0n) is 27.4. The van der Waals surface area contributed by atoms with E-state index in [1.807, 2.05) is 0 Å². The Morgan fingerprint density at radius 2 is 1.04 bits per heavy atom. The van der Waals surface area contributed by atoms with E-state index in [1.165, 1.54) is 0 Å². The van der Waals surface area contributed by atoms with Gasteiger partial charge in [-0.1, -0.05) is 0 Å². The van der Waals surface area contributed by atoms with Crippen molar-refractivity contribution in [2.24, 2.45) is 5.73 Å². The summed E-state index contributed by atoms with van der Waals surface area (Å²) in [5.74, 6) is -9.25. The van der Waals surface area contributed by atoms with Crippen molar-refractivity contribution in [3.05, 3.63) is 0 Å². The second-order valence-corrected chi connectivity index (χ2v) is 10.1. The highest BCUT2D eigenvalue weighted by molar-refractivity contribution is 5.83. The fourth-order valence-corrected chi connectivity index (χ4v) is 4.40. The molecule has 1 heterocycles. The van der Waals surface area contributed by atoms with Crippen LogP contribution in [0.25, 0.3) is 0 Å². The number of esters is 8. The number of ether oxygens (including phenoxy) is 10. The Labute approximate surface area is 274 Å². The third kappa shape index (κ3) is 13.9. The average molecular weight is 694 g/mol. The maximum atomic E-state index is 12.5. The highest BCUT2D eigenvalue weighted by Gasteiger charge is 2.55. The van der Waals surface area contributed by atoms with Crippen LogP contribution in [0.2, 0.25) is 0 Å². The van der Waals surface area contributed by atoms with Gasteiger partial charge in [0.15, 0.2) is 36.8 Å². The first-order valence-corrected chi connectivity index (χ1v) is 14.1. The maximum absolute atomic E-state index is 12.5. The molecule has 1 aliphatic rings. The zero-order chi connectivity index (χ0) is 36.9. The standard InChI is InChI=1S/C28H39NO19/c1-11(30)39-9-19(41-13(3)32)22(23(43-15(5)34)25(27(29)38)45-17(7)36)48-28-26(46-18(8)37)24(44-16(6)35)21(42-14(4)33)20(47-28)10-40-12(2)31/h19-26,28H,9-10H2,1-8H3,(H2,29,38)/t19-,20-,21+,22-,23+,24+,25-,26-,28+/m1/s1. The minimum atomic E-state index is -2.16. The predicted octanol–water partition coefficient (Wildman–Crippen LogP) is -1.70. The van der Waals surface area contributed by atoms with Gasteiger partial charge in [0.25, 0.3) is 5.91 Å². The summed E-state index contributed by atoms with van der Waals surface area (Å²) in [6, 6.07) is 0. The fraction of sp³-hybridized carbons (Fsp3) is 0.679. The second kappa shape index (κ2) is 19.1. The highest BCUT2D eigenvalue weighted by Crippen LogP contribution is 2.32. The maximum Gasteiger partial charge on any atom is 0.303 e. The van der Waals surface area contributed by atoms with Gasteiger partial charge in [-0.3, -0.25) is 43.2 Å². The molecule has 9 atom stereocenters. The molecule has 0 radical (unpaired) electrons. The number of amides is 1. The van der Waals surface area contributed by atoms with Crippen molar-refractivity contribution in [2.45, 2.75) is 111 Å². The summed E-state index contributed by atoms with van der Waals surface area (Å²) in [7, 11) is 0. The summed E-state index contributed by atoms with van der Waals surface area (Å²) in [6.45, 7) is 6.14. The van der Waals surface area contributed by atoms with E-state index in [0.717, 1.165) is 55.4 Å². The first-order valence-electron chi connectivity index (χ1n) is 14.1. The molecule has 0 bridgehead atoms. The Hall–Kier alpha value is -4.85. The Balaban J connectivity index is 4.05. The summed E-state index contributed by atoms with van der Waals surface area (Å²) >= 11 is 0. The molecule has 1 saturated heterocycles. The van der Waals surface area contributed by atoms with Crippen LogP contribution in [0.1, 0.15) is 55.4 Å². The van der Waals surface area contributed by atoms with Crippen molar-refractivity contribution in [3.8, 4) is 0 Å². The van der Waals surface area contributed by atoms with Gasteiger partial charge in [0.05, 0.1) is 0 Å². The van der Waals surface area contributed by atoms with Crippen LogP contribution in [-0.2, 0) is 90.5 Å². The van der Waals surface area contributed by atoms with E-state index in [4.69, 9.17) is 53.1 Å². The number of hydrogen-bond donors (Lipinski definition) is 1. The van der Waals surface area contributed by atoms with Gasteiger partial charge in [-0.05, 0) is 0 Å². The van der Waals surface area contributed by atoms with Gasteiger partial charge in [0.1, 0.15) is 25.4 Å². The molecule has 0 aromatic heterocycles. The van der Waals surface area contributed by atoms with Crippen molar-refractivity contribution in [2.75, 3.05) is 13.2 Å². The number of carbonyl (C=O) groups excluding carboxylic acids is 9. The van der Waals surface area contributed by atoms with E-state index in [2.05, 4.69) is 0 Å². The number of primary amides is 1. The van der Waals surface area contributed by atoms with E-state index in [0.29, 0.717) is 0 Å². The molecular weight excluding hydrogens is 654 g/mol. The highest BCUT2D eigenvalue weighted by atomic mass is 16.8. The lowest BCUT2D eigenvalue weighted by atomic mass is 9.97. The first-order chi connectivity index (χ1) is 22.2. The van der Waals surface area contributed by atoms with E-state index in [9.17, 15) is 43.2 Å². The van der Waals surface area contributed by atoms with Crippen molar-refractivity contribution in [1.82, 2.24) is 0 Å². The molecule has 2 N–H and O–H groups in total. The average Bonchev–Trinajstić information content (AvgIpc) is 2.92. The molecule has 0 aromatic carbocycles. The lowest BCUT2D eigenvalue weighted by Crippen LogP contribution is -2.65. The van der Waals surface area contributed by atoms with Crippen LogP contribution in [-0.4, -0.2) is 122 Å². The molecule has 0 aromatic rings. The minimum absolute atomic E-state index is 0.673. The number of nitrogens with two attached hydrogens (primary N) is 1. The molecule has 48 heavy (non-hydrogen) atoms. The zero-order valence-corrected chi connectivity index (χ0v) is 27.4. The molecule has 1 rings (SSSR count).